The van der Waals surface area contributed by atoms with Crippen molar-refractivity contribution in [3.05, 3.63) is 35.9 Å². The first-order valence-corrected chi connectivity index (χ1v) is 8.23. The lowest BCUT2D eigenvalue weighted by Crippen LogP contribution is -2.42. The molecule has 0 spiro atoms. The first-order valence-electron chi connectivity index (χ1n) is 7.08. The van der Waals surface area contributed by atoms with Crippen LogP contribution in [-0.4, -0.2) is 40.3 Å². The number of ketones is 1. The zero-order chi connectivity index (χ0) is 16.5. The molecule has 1 aromatic carbocycles. The predicted molar refractivity (Wildman–Crippen MR) is 87.1 cm³/mol. The van der Waals surface area contributed by atoms with Crippen molar-refractivity contribution in [2.45, 2.75) is 26.3 Å². The van der Waals surface area contributed by atoms with Gasteiger partial charge >= 0.3 is 5.97 Å². The smallest absolute Gasteiger partial charge is 0.326 e. The van der Waals surface area contributed by atoms with Crippen molar-refractivity contribution >= 4 is 29.4 Å². The van der Waals surface area contributed by atoms with E-state index in [1.807, 2.05) is 19.9 Å². The first-order chi connectivity index (χ1) is 10.4. The van der Waals surface area contributed by atoms with Gasteiger partial charge in [0.2, 0.25) is 5.91 Å². The molecule has 0 fully saturated rings. The van der Waals surface area contributed by atoms with Crippen LogP contribution >= 0.6 is 11.8 Å². The molecule has 22 heavy (non-hydrogen) atoms. The monoisotopic (exact) mass is 323 g/mol. The standard InChI is InChI=1S/C16H21NO4S/c1-11(2)8-13(16(20)21)17-15(19)10-22-9-14(18)12-6-4-3-5-7-12/h3-7,11,13H,8-10H2,1-2H3,(H,17,19)(H,20,21)/t13-/m1/s1. The van der Waals surface area contributed by atoms with Gasteiger partial charge in [-0.3, -0.25) is 9.59 Å². The van der Waals surface area contributed by atoms with Crippen LogP contribution in [-0.2, 0) is 9.59 Å². The number of aliphatic carboxylic acids is 1. The highest BCUT2D eigenvalue weighted by Gasteiger charge is 2.21. The summed E-state index contributed by atoms with van der Waals surface area (Å²) in [6.45, 7) is 3.80. The van der Waals surface area contributed by atoms with E-state index < -0.39 is 12.0 Å². The molecule has 1 aromatic rings. The van der Waals surface area contributed by atoms with Crippen molar-refractivity contribution in [1.82, 2.24) is 5.32 Å². The molecule has 0 bridgehead atoms. The Labute approximate surface area is 134 Å². The number of carbonyl (C=O) groups excluding carboxylic acids is 2. The molecular weight excluding hydrogens is 302 g/mol. The molecule has 0 heterocycles. The molecule has 0 unspecified atom stereocenters. The highest BCUT2D eigenvalue weighted by Crippen LogP contribution is 2.08. The van der Waals surface area contributed by atoms with Gasteiger partial charge in [-0.15, -0.1) is 11.8 Å². The van der Waals surface area contributed by atoms with Crippen LogP contribution in [0.2, 0.25) is 0 Å². The zero-order valence-corrected chi connectivity index (χ0v) is 13.6. The van der Waals surface area contributed by atoms with Gasteiger partial charge in [-0.2, -0.15) is 0 Å². The van der Waals surface area contributed by atoms with Gasteiger partial charge in [-0.05, 0) is 12.3 Å². The summed E-state index contributed by atoms with van der Waals surface area (Å²) in [5, 5.41) is 11.5. The fraction of sp³-hybridized carbons (Fsp3) is 0.438. The number of thioether (sulfide) groups is 1. The van der Waals surface area contributed by atoms with Crippen LogP contribution in [0.15, 0.2) is 30.3 Å². The summed E-state index contributed by atoms with van der Waals surface area (Å²) in [4.78, 5) is 34.7. The van der Waals surface area contributed by atoms with E-state index in [2.05, 4.69) is 5.32 Å². The maximum absolute atomic E-state index is 11.9. The average molecular weight is 323 g/mol. The van der Waals surface area contributed by atoms with Crippen molar-refractivity contribution in [3.8, 4) is 0 Å². The van der Waals surface area contributed by atoms with Crippen molar-refractivity contribution in [3.63, 3.8) is 0 Å². The van der Waals surface area contributed by atoms with Crippen LogP contribution in [0, 0.1) is 5.92 Å². The Bertz CT molecular complexity index is 516. The lowest BCUT2D eigenvalue weighted by molar-refractivity contribution is -0.141. The van der Waals surface area contributed by atoms with Gasteiger partial charge < -0.3 is 10.4 Å². The molecule has 0 aliphatic rings. The molecule has 0 saturated heterocycles. The minimum absolute atomic E-state index is 0.0460. The Morgan fingerprint density at radius 1 is 1.14 bits per heavy atom. The molecule has 1 rings (SSSR count). The molecule has 0 radical (unpaired) electrons. The molecule has 5 nitrogen and oxygen atoms in total. The second-order valence-corrected chi connectivity index (χ2v) is 6.36. The SMILES string of the molecule is CC(C)C[C@@H](NC(=O)CSCC(=O)c1ccccc1)C(=O)O. The number of nitrogens with one attached hydrogen (secondary N) is 1. The van der Waals surface area contributed by atoms with Crippen LogP contribution in [0.4, 0.5) is 0 Å². The lowest BCUT2D eigenvalue weighted by atomic mass is 10.0. The molecule has 0 aromatic heterocycles. The van der Waals surface area contributed by atoms with Crippen LogP contribution in [0.3, 0.4) is 0 Å². The van der Waals surface area contributed by atoms with Crippen molar-refractivity contribution in [1.29, 1.82) is 0 Å². The van der Waals surface area contributed by atoms with Crippen LogP contribution in [0.5, 0.6) is 0 Å². The van der Waals surface area contributed by atoms with E-state index in [1.54, 1.807) is 24.3 Å². The fourth-order valence-corrected chi connectivity index (χ4v) is 2.60. The molecule has 2 N–H and O–H groups in total. The van der Waals surface area contributed by atoms with Crippen LogP contribution in [0.1, 0.15) is 30.6 Å². The second-order valence-electron chi connectivity index (χ2n) is 5.37. The maximum Gasteiger partial charge on any atom is 0.326 e. The van der Waals surface area contributed by atoms with Gasteiger partial charge in [0.25, 0.3) is 0 Å². The normalized spacial score (nSPS) is 12.0. The Morgan fingerprint density at radius 3 is 2.32 bits per heavy atom. The third-order valence-corrected chi connectivity index (χ3v) is 3.84. The number of Topliss-reactive ketones (excluding diaryl/α,β-unsaturated/α-hetero) is 1. The highest BCUT2D eigenvalue weighted by atomic mass is 32.2. The highest BCUT2D eigenvalue weighted by molar-refractivity contribution is 8.00. The Morgan fingerprint density at radius 2 is 1.77 bits per heavy atom. The number of amides is 1. The number of carboxylic acids is 1. The molecular formula is C16H21NO4S. The van der Waals surface area contributed by atoms with Crippen molar-refractivity contribution in [2.24, 2.45) is 5.92 Å². The quantitative estimate of drug-likeness (QED) is 0.681. The minimum Gasteiger partial charge on any atom is -0.480 e. The van der Waals surface area contributed by atoms with E-state index in [0.29, 0.717) is 12.0 Å². The molecule has 1 atom stereocenters. The Hall–Kier alpha value is -1.82. The molecule has 120 valence electrons. The number of hydrogen-bond acceptors (Lipinski definition) is 4. The van der Waals surface area contributed by atoms with E-state index in [0.717, 1.165) is 0 Å². The zero-order valence-electron chi connectivity index (χ0n) is 12.7. The Balaban J connectivity index is 2.36. The van der Waals surface area contributed by atoms with E-state index >= 15 is 0 Å². The number of benzene rings is 1. The fourth-order valence-electron chi connectivity index (χ4n) is 1.87. The topological polar surface area (TPSA) is 83.5 Å². The summed E-state index contributed by atoms with van der Waals surface area (Å²) in [7, 11) is 0. The molecule has 0 aliphatic carbocycles. The van der Waals surface area contributed by atoms with Gasteiger partial charge in [-0.25, -0.2) is 4.79 Å². The van der Waals surface area contributed by atoms with Gasteiger partial charge in [0.15, 0.2) is 5.78 Å². The van der Waals surface area contributed by atoms with Crippen molar-refractivity contribution in [2.75, 3.05) is 11.5 Å². The van der Waals surface area contributed by atoms with Crippen LogP contribution in [0.25, 0.3) is 0 Å². The third kappa shape index (κ3) is 6.76. The third-order valence-electron chi connectivity index (χ3n) is 2.90. The summed E-state index contributed by atoms with van der Waals surface area (Å²) < 4.78 is 0. The number of rotatable bonds is 9. The maximum atomic E-state index is 11.9. The largest absolute Gasteiger partial charge is 0.480 e. The molecule has 0 saturated carbocycles. The minimum atomic E-state index is -1.03. The number of carbonyl (C=O) groups is 3. The summed E-state index contributed by atoms with van der Waals surface area (Å²) in [6, 6.07) is 7.98. The van der Waals surface area contributed by atoms with Crippen molar-refractivity contribution < 1.29 is 19.5 Å². The Kier molecular flexibility index (Phi) is 7.66. The summed E-state index contributed by atoms with van der Waals surface area (Å²) in [6.07, 6.45) is 0.384. The summed E-state index contributed by atoms with van der Waals surface area (Å²) in [5.41, 5.74) is 0.610. The van der Waals surface area contributed by atoms with E-state index in [1.165, 1.54) is 11.8 Å². The summed E-state index contributed by atoms with van der Waals surface area (Å²) in [5.74, 6) is -1.00. The van der Waals surface area contributed by atoms with E-state index in [-0.39, 0.29) is 29.1 Å². The van der Waals surface area contributed by atoms with Gasteiger partial charge in [-0.1, -0.05) is 44.2 Å². The van der Waals surface area contributed by atoms with E-state index in [4.69, 9.17) is 5.11 Å². The van der Waals surface area contributed by atoms with Gasteiger partial charge in [0.05, 0.1) is 11.5 Å². The predicted octanol–water partition coefficient (Wildman–Crippen LogP) is 2.22. The number of carboxylic acid groups (broad SMARTS) is 1. The second kappa shape index (κ2) is 9.25. The first kappa shape index (κ1) is 18.2. The molecule has 6 heteroatoms. The van der Waals surface area contributed by atoms with Crippen LogP contribution < -0.4 is 5.32 Å². The molecule has 1 amide bonds. The number of hydrogen-bond donors (Lipinski definition) is 2. The van der Waals surface area contributed by atoms with Gasteiger partial charge in [0.1, 0.15) is 6.04 Å². The lowest BCUT2D eigenvalue weighted by Gasteiger charge is -2.16. The van der Waals surface area contributed by atoms with E-state index in [9.17, 15) is 14.4 Å². The van der Waals surface area contributed by atoms with Gasteiger partial charge in [0, 0.05) is 5.56 Å². The molecule has 0 aliphatic heterocycles. The summed E-state index contributed by atoms with van der Waals surface area (Å²) >= 11 is 1.18. The average Bonchev–Trinajstić information content (AvgIpc) is 2.46.